The lowest BCUT2D eigenvalue weighted by molar-refractivity contribution is 0.230. The number of nitrogens with one attached hydrogen (secondary N) is 1. The molecule has 0 radical (unpaired) electrons. The van der Waals surface area contributed by atoms with Gasteiger partial charge in [-0.1, -0.05) is 35.0 Å². The molecule has 1 N–H and O–H groups in total. The van der Waals surface area contributed by atoms with Crippen LogP contribution in [0.25, 0.3) is 0 Å². The van der Waals surface area contributed by atoms with E-state index in [0.717, 1.165) is 16.9 Å². The molecule has 18 heavy (non-hydrogen) atoms. The number of nitrogens with zero attached hydrogens (tertiary/aromatic N) is 1. The fourth-order valence-corrected chi connectivity index (χ4v) is 3.25. The summed E-state index contributed by atoms with van der Waals surface area (Å²) in [4.78, 5) is 2.64. The van der Waals surface area contributed by atoms with E-state index in [4.69, 9.17) is 0 Å². The van der Waals surface area contributed by atoms with Gasteiger partial charge < -0.3 is 5.32 Å². The van der Waals surface area contributed by atoms with Crippen molar-refractivity contribution in [2.45, 2.75) is 25.8 Å². The summed E-state index contributed by atoms with van der Waals surface area (Å²) in [5.74, 6) is 0.819. The van der Waals surface area contributed by atoms with Crippen molar-refractivity contribution in [1.29, 1.82) is 0 Å². The molecule has 1 fully saturated rings. The van der Waals surface area contributed by atoms with Gasteiger partial charge in [0.15, 0.2) is 0 Å². The molecule has 2 rings (SSSR count). The highest BCUT2D eigenvalue weighted by atomic mass is 79.9. The van der Waals surface area contributed by atoms with Gasteiger partial charge in [-0.25, -0.2) is 0 Å². The first-order valence-electron chi connectivity index (χ1n) is 6.88. The summed E-state index contributed by atoms with van der Waals surface area (Å²) in [5.41, 5.74) is 1.45. The highest BCUT2D eigenvalue weighted by Gasteiger charge is 2.27. The number of hydrogen-bond donors (Lipinski definition) is 1. The Hall–Kier alpha value is -0.380. The van der Waals surface area contributed by atoms with Crippen LogP contribution in [-0.4, -0.2) is 31.6 Å². The third kappa shape index (κ3) is 3.34. The quantitative estimate of drug-likeness (QED) is 0.896. The second-order valence-corrected chi connectivity index (χ2v) is 6.10. The standard InChI is InChI=1S/C15H23BrN2/c1-3-15(13-4-6-14(16)7-5-13)18-9-8-12(11-18)10-17-2/h4-7,12,15,17H,3,8-11H2,1-2H3. The van der Waals surface area contributed by atoms with E-state index in [2.05, 4.69) is 64.4 Å². The molecule has 1 aromatic rings. The van der Waals surface area contributed by atoms with Crippen LogP contribution in [0.5, 0.6) is 0 Å². The summed E-state index contributed by atoms with van der Waals surface area (Å²) in [6.45, 7) is 5.90. The zero-order valence-corrected chi connectivity index (χ0v) is 12.9. The van der Waals surface area contributed by atoms with E-state index in [0.29, 0.717) is 6.04 Å². The highest BCUT2D eigenvalue weighted by Crippen LogP contribution is 2.30. The van der Waals surface area contributed by atoms with Gasteiger partial charge in [0.2, 0.25) is 0 Å². The van der Waals surface area contributed by atoms with E-state index < -0.39 is 0 Å². The van der Waals surface area contributed by atoms with Crippen LogP contribution in [0.1, 0.15) is 31.4 Å². The molecule has 1 aromatic carbocycles. The van der Waals surface area contributed by atoms with E-state index in [9.17, 15) is 0 Å². The van der Waals surface area contributed by atoms with Gasteiger partial charge in [-0.3, -0.25) is 4.90 Å². The normalized spacial score (nSPS) is 22.3. The van der Waals surface area contributed by atoms with Crippen LogP contribution in [-0.2, 0) is 0 Å². The van der Waals surface area contributed by atoms with E-state index in [-0.39, 0.29) is 0 Å². The number of benzene rings is 1. The molecule has 100 valence electrons. The fraction of sp³-hybridized carbons (Fsp3) is 0.600. The maximum atomic E-state index is 3.51. The third-order valence-corrected chi connectivity index (χ3v) is 4.42. The molecule has 0 saturated carbocycles. The molecule has 1 heterocycles. The first-order chi connectivity index (χ1) is 8.74. The number of halogens is 1. The Labute approximate surface area is 119 Å². The van der Waals surface area contributed by atoms with Gasteiger partial charge in [0.1, 0.15) is 0 Å². The van der Waals surface area contributed by atoms with Gasteiger partial charge in [-0.05, 0) is 56.6 Å². The average Bonchev–Trinajstić information content (AvgIpc) is 2.82. The van der Waals surface area contributed by atoms with Crippen molar-refractivity contribution in [2.75, 3.05) is 26.7 Å². The predicted octanol–water partition coefficient (Wildman–Crippen LogP) is 3.44. The van der Waals surface area contributed by atoms with Gasteiger partial charge in [-0.15, -0.1) is 0 Å². The molecule has 2 nitrogen and oxygen atoms in total. The number of rotatable bonds is 5. The van der Waals surface area contributed by atoms with E-state index in [1.165, 1.54) is 31.5 Å². The van der Waals surface area contributed by atoms with Crippen LogP contribution in [0.15, 0.2) is 28.7 Å². The van der Waals surface area contributed by atoms with Crippen molar-refractivity contribution in [3.8, 4) is 0 Å². The topological polar surface area (TPSA) is 15.3 Å². The van der Waals surface area contributed by atoms with Gasteiger partial charge in [0.05, 0.1) is 0 Å². The summed E-state index contributed by atoms with van der Waals surface area (Å²) in [5, 5.41) is 3.30. The Bertz CT molecular complexity index is 363. The van der Waals surface area contributed by atoms with Crippen LogP contribution >= 0.6 is 15.9 Å². The zero-order chi connectivity index (χ0) is 13.0. The molecule has 1 aliphatic rings. The summed E-state index contributed by atoms with van der Waals surface area (Å²) >= 11 is 3.51. The van der Waals surface area contributed by atoms with Crippen molar-refractivity contribution in [2.24, 2.45) is 5.92 Å². The van der Waals surface area contributed by atoms with Crippen molar-refractivity contribution in [3.05, 3.63) is 34.3 Å². The highest BCUT2D eigenvalue weighted by molar-refractivity contribution is 9.10. The molecule has 0 aromatic heterocycles. The van der Waals surface area contributed by atoms with E-state index in [1.807, 2.05) is 0 Å². The summed E-state index contributed by atoms with van der Waals surface area (Å²) in [6.07, 6.45) is 2.52. The van der Waals surface area contributed by atoms with Crippen molar-refractivity contribution in [3.63, 3.8) is 0 Å². The Morgan fingerprint density at radius 2 is 2.11 bits per heavy atom. The van der Waals surface area contributed by atoms with Gasteiger partial charge in [-0.2, -0.15) is 0 Å². The van der Waals surface area contributed by atoms with Crippen LogP contribution in [0.2, 0.25) is 0 Å². The van der Waals surface area contributed by atoms with E-state index >= 15 is 0 Å². The monoisotopic (exact) mass is 310 g/mol. The molecule has 2 unspecified atom stereocenters. The maximum absolute atomic E-state index is 3.51. The van der Waals surface area contributed by atoms with Gasteiger partial charge in [0.25, 0.3) is 0 Å². The second-order valence-electron chi connectivity index (χ2n) is 5.18. The van der Waals surface area contributed by atoms with Gasteiger partial charge >= 0.3 is 0 Å². The smallest absolute Gasteiger partial charge is 0.0345 e. The Morgan fingerprint density at radius 1 is 1.39 bits per heavy atom. The predicted molar refractivity (Wildman–Crippen MR) is 80.8 cm³/mol. The average molecular weight is 311 g/mol. The van der Waals surface area contributed by atoms with E-state index in [1.54, 1.807) is 0 Å². The number of likely N-dealkylation sites (tertiary alicyclic amines) is 1. The van der Waals surface area contributed by atoms with Crippen molar-refractivity contribution >= 4 is 15.9 Å². The second kappa shape index (κ2) is 6.69. The minimum Gasteiger partial charge on any atom is -0.319 e. The van der Waals surface area contributed by atoms with Crippen molar-refractivity contribution in [1.82, 2.24) is 10.2 Å². The summed E-state index contributed by atoms with van der Waals surface area (Å²) < 4.78 is 1.16. The van der Waals surface area contributed by atoms with Crippen LogP contribution < -0.4 is 5.32 Å². The molecular weight excluding hydrogens is 288 g/mol. The van der Waals surface area contributed by atoms with Crippen LogP contribution in [0.3, 0.4) is 0 Å². The zero-order valence-electron chi connectivity index (χ0n) is 11.3. The molecule has 2 atom stereocenters. The lowest BCUT2D eigenvalue weighted by Gasteiger charge is -2.27. The lowest BCUT2D eigenvalue weighted by Crippen LogP contribution is -2.28. The third-order valence-electron chi connectivity index (χ3n) is 3.89. The van der Waals surface area contributed by atoms with Crippen molar-refractivity contribution < 1.29 is 0 Å². The minimum absolute atomic E-state index is 0.583. The molecule has 0 amide bonds. The minimum atomic E-state index is 0.583. The summed E-state index contributed by atoms with van der Waals surface area (Å²) in [6, 6.07) is 9.39. The first-order valence-corrected chi connectivity index (χ1v) is 7.68. The Balaban J connectivity index is 2.03. The summed E-state index contributed by atoms with van der Waals surface area (Å²) in [7, 11) is 2.05. The fourth-order valence-electron chi connectivity index (χ4n) is 2.99. The SMILES string of the molecule is CCC(c1ccc(Br)cc1)N1CCC(CNC)C1. The Kier molecular flexibility index (Phi) is 5.22. The number of hydrogen-bond acceptors (Lipinski definition) is 2. The van der Waals surface area contributed by atoms with Crippen LogP contribution in [0, 0.1) is 5.92 Å². The first kappa shape index (κ1) is 14.0. The molecule has 0 spiro atoms. The maximum Gasteiger partial charge on any atom is 0.0345 e. The Morgan fingerprint density at radius 3 is 2.72 bits per heavy atom. The molecular formula is C15H23BrN2. The largest absolute Gasteiger partial charge is 0.319 e. The molecule has 3 heteroatoms. The molecule has 1 saturated heterocycles. The van der Waals surface area contributed by atoms with Gasteiger partial charge in [0, 0.05) is 17.1 Å². The molecule has 1 aliphatic heterocycles. The van der Waals surface area contributed by atoms with Crippen LogP contribution in [0.4, 0.5) is 0 Å². The molecule has 0 aliphatic carbocycles. The lowest BCUT2D eigenvalue weighted by atomic mass is 10.0. The molecule has 0 bridgehead atoms.